The van der Waals surface area contributed by atoms with Gasteiger partial charge in [0.2, 0.25) is 0 Å². The van der Waals surface area contributed by atoms with Crippen molar-refractivity contribution in [2.24, 2.45) is 5.92 Å². The van der Waals surface area contributed by atoms with Crippen LogP contribution in [0.25, 0.3) is 0 Å². The number of hydrogen-bond acceptors (Lipinski definition) is 2. The maximum Gasteiger partial charge on any atom is 0.328 e. The molecule has 0 rings (SSSR count). The Morgan fingerprint density at radius 3 is 2.67 bits per heavy atom. The fourth-order valence-electron chi connectivity index (χ4n) is 0.692. The van der Waals surface area contributed by atoms with Crippen LogP contribution in [0.5, 0.6) is 0 Å². The lowest BCUT2D eigenvalue weighted by Gasteiger charge is -1.99. The highest BCUT2D eigenvalue weighted by Gasteiger charge is 1.92. The van der Waals surface area contributed by atoms with Gasteiger partial charge in [0.25, 0.3) is 0 Å². The van der Waals surface area contributed by atoms with Gasteiger partial charge in [-0.2, -0.15) is 0 Å². The van der Waals surface area contributed by atoms with Crippen molar-refractivity contribution in [3.63, 3.8) is 0 Å². The van der Waals surface area contributed by atoms with Gasteiger partial charge in [0.05, 0.1) is 0 Å². The molecule has 0 spiro atoms. The predicted octanol–water partition coefficient (Wildman–Crippen LogP) is 1.20. The van der Waals surface area contributed by atoms with Gasteiger partial charge in [-0.3, -0.25) is 0 Å². The van der Waals surface area contributed by atoms with Crippen LogP contribution < -0.4 is 0 Å². The van der Waals surface area contributed by atoms with Crippen LogP contribution in [0.1, 0.15) is 13.3 Å². The summed E-state index contributed by atoms with van der Waals surface area (Å²) in [6.45, 7) is 2.12. The van der Waals surface area contributed by atoms with E-state index in [9.17, 15) is 4.79 Å². The van der Waals surface area contributed by atoms with E-state index in [-0.39, 0.29) is 12.5 Å². The molecule has 0 saturated carbocycles. The molecule has 0 aromatic heterocycles. The molecule has 0 aliphatic rings. The molecule has 2 N–H and O–H groups in total. The molecular formula is C9H14O3. The molecule has 0 bridgehead atoms. The molecular weight excluding hydrogens is 156 g/mol. The third kappa shape index (κ3) is 7.02. The van der Waals surface area contributed by atoms with Gasteiger partial charge in [-0.25, -0.2) is 4.79 Å². The number of aliphatic hydroxyl groups excluding tert-OH is 1. The maximum absolute atomic E-state index is 10.0. The molecule has 0 amide bonds. The minimum Gasteiger partial charge on any atom is -0.478 e. The summed E-state index contributed by atoms with van der Waals surface area (Å²) in [4.78, 5) is 10.0. The van der Waals surface area contributed by atoms with E-state index in [4.69, 9.17) is 10.2 Å². The van der Waals surface area contributed by atoms with Gasteiger partial charge >= 0.3 is 5.97 Å². The molecule has 12 heavy (non-hydrogen) atoms. The first kappa shape index (κ1) is 10.9. The van der Waals surface area contributed by atoms with E-state index in [1.807, 2.05) is 13.0 Å². The minimum atomic E-state index is -0.950. The van der Waals surface area contributed by atoms with E-state index in [0.717, 1.165) is 6.08 Å². The first-order valence-corrected chi connectivity index (χ1v) is 3.85. The van der Waals surface area contributed by atoms with Crippen molar-refractivity contribution in [1.82, 2.24) is 0 Å². The molecule has 68 valence electrons. The van der Waals surface area contributed by atoms with Crippen molar-refractivity contribution in [2.45, 2.75) is 13.3 Å². The third-order valence-electron chi connectivity index (χ3n) is 1.37. The normalized spacial score (nSPS) is 14.2. The van der Waals surface area contributed by atoms with Gasteiger partial charge in [0, 0.05) is 12.7 Å². The molecule has 0 aliphatic carbocycles. The van der Waals surface area contributed by atoms with Crippen molar-refractivity contribution < 1.29 is 15.0 Å². The number of rotatable bonds is 5. The fourth-order valence-corrected chi connectivity index (χ4v) is 0.692. The summed E-state index contributed by atoms with van der Waals surface area (Å²) in [5.41, 5.74) is 0. The van der Waals surface area contributed by atoms with Crippen molar-refractivity contribution in [1.29, 1.82) is 0 Å². The van der Waals surface area contributed by atoms with E-state index in [1.165, 1.54) is 6.08 Å². The number of carboxylic acid groups (broad SMARTS) is 1. The Kier molecular flexibility index (Phi) is 6.01. The van der Waals surface area contributed by atoms with Gasteiger partial charge < -0.3 is 10.2 Å². The van der Waals surface area contributed by atoms with Crippen LogP contribution in [0.15, 0.2) is 24.3 Å². The monoisotopic (exact) mass is 170 g/mol. The maximum atomic E-state index is 10.0. The summed E-state index contributed by atoms with van der Waals surface area (Å²) in [7, 11) is 0. The van der Waals surface area contributed by atoms with Crippen molar-refractivity contribution in [3.05, 3.63) is 24.3 Å². The van der Waals surface area contributed by atoms with E-state index in [0.29, 0.717) is 6.42 Å². The lowest BCUT2D eigenvalue weighted by molar-refractivity contribution is -0.131. The van der Waals surface area contributed by atoms with Crippen LogP contribution in [0, 0.1) is 5.92 Å². The Bertz CT molecular complexity index is 182. The second kappa shape index (κ2) is 6.61. The Morgan fingerprint density at radius 2 is 2.17 bits per heavy atom. The second-order valence-corrected chi connectivity index (χ2v) is 2.57. The van der Waals surface area contributed by atoms with Crippen LogP contribution in [0.3, 0.4) is 0 Å². The molecule has 0 aromatic carbocycles. The third-order valence-corrected chi connectivity index (χ3v) is 1.37. The van der Waals surface area contributed by atoms with E-state index >= 15 is 0 Å². The van der Waals surface area contributed by atoms with E-state index in [2.05, 4.69) is 0 Å². The fraction of sp³-hybridized carbons (Fsp3) is 0.444. The smallest absolute Gasteiger partial charge is 0.328 e. The number of carbonyl (C=O) groups is 1. The van der Waals surface area contributed by atoms with Gasteiger partial charge in [-0.05, 0) is 12.3 Å². The topological polar surface area (TPSA) is 57.5 Å². The van der Waals surface area contributed by atoms with Crippen molar-refractivity contribution >= 4 is 5.97 Å². The van der Waals surface area contributed by atoms with Crippen LogP contribution in [0.2, 0.25) is 0 Å². The number of hydrogen-bond donors (Lipinski definition) is 2. The first-order chi connectivity index (χ1) is 5.66. The van der Waals surface area contributed by atoms with Crippen molar-refractivity contribution in [2.75, 3.05) is 6.61 Å². The zero-order chi connectivity index (χ0) is 9.40. The Hall–Kier alpha value is -1.09. The average molecular weight is 170 g/mol. The molecule has 0 aromatic rings. The van der Waals surface area contributed by atoms with Crippen LogP contribution in [-0.4, -0.2) is 22.8 Å². The summed E-state index contributed by atoms with van der Waals surface area (Å²) in [6, 6.07) is 0. The summed E-state index contributed by atoms with van der Waals surface area (Å²) in [5.74, 6) is -0.664. The van der Waals surface area contributed by atoms with Crippen LogP contribution in [0.4, 0.5) is 0 Å². The number of carboxylic acids is 1. The van der Waals surface area contributed by atoms with Crippen LogP contribution in [-0.2, 0) is 4.79 Å². The van der Waals surface area contributed by atoms with Gasteiger partial charge in [0.1, 0.15) is 0 Å². The zero-order valence-corrected chi connectivity index (χ0v) is 7.10. The number of aliphatic hydroxyl groups is 1. The molecule has 1 atom stereocenters. The van der Waals surface area contributed by atoms with Gasteiger partial charge in [-0.15, -0.1) is 0 Å². The average Bonchev–Trinajstić information content (AvgIpc) is 1.98. The minimum absolute atomic E-state index is 0.161. The standard InChI is InChI=1S/C9H14O3/c1-8(6-7-10)4-2-3-5-9(11)12/h2-5,8,10H,6-7H2,1H3,(H,11,12)/b4-2+,5-3+/t8-/m1/s1. The predicted molar refractivity (Wildman–Crippen MR) is 46.8 cm³/mol. The first-order valence-electron chi connectivity index (χ1n) is 3.85. The lowest BCUT2D eigenvalue weighted by atomic mass is 10.1. The quantitative estimate of drug-likeness (QED) is 0.481. The molecule has 0 fully saturated rings. The Labute approximate surface area is 72.0 Å². The summed E-state index contributed by atoms with van der Waals surface area (Å²) >= 11 is 0. The highest BCUT2D eigenvalue weighted by atomic mass is 16.4. The summed E-state index contributed by atoms with van der Waals surface area (Å²) in [6.07, 6.45) is 6.78. The largest absolute Gasteiger partial charge is 0.478 e. The highest BCUT2D eigenvalue weighted by molar-refractivity contribution is 5.80. The molecule has 0 heterocycles. The molecule has 3 heteroatoms. The SMILES string of the molecule is C[C@H](/C=C/C=C/C(=O)O)CCO. The second-order valence-electron chi connectivity index (χ2n) is 2.57. The lowest BCUT2D eigenvalue weighted by Crippen LogP contribution is -1.92. The van der Waals surface area contributed by atoms with E-state index < -0.39 is 5.97 Å². The molecule has 0 unspecified atom stereocenters. The van der Waals surface area contributed by atoms with Crippen molar-refractivity contribution in [3.8, 4) is 0 Å². The Morgan fingerprint density at radius 1 is 1.50 bits per heavy atom. The van der Waals surface area contributed by atoms with Crippen LogP contribution >= 0.6 is 0 Å². The Balaban J connectivity index is 3.67. The van der Waals surface area contributed by atoms with E-state index in [1.54, 1.807) is 6.08 Å². The molecule has 0 aliphatic heterocycles. The molecule has 3 nitrogen and oxygen atoms in total. The highest BCUT2D eigenvalue weighted by Crippen LogP contribution is 2.01. The number of aliphatic carboxylic acids is 1. The number of allylic oxidation sites excluding steroid dienone is 3. The summed E-state index contributed by atoms with van der Waals surface area (Å²) in [5, 5.41) is 16.8. The summed E-state index contributed by atoms with van der Waals surface area (Å²) < 4.78 is 0. The molecule has 0 radical (unpaired) electrons. The molecule has 0 saturated heterocycles. The van der Waals surface area contributed by atoms with Gasteiger partial charge in [-0.1, -0.05) is 25.2 Å². The van der Waals surface area contributed by atoms with Gasteiger partial charge in [0.15, 0.2) is 0 Å². The zero-order valence-electron chi connectivity index (χ0n) is 7.10.